The van der Waals surface area contributed by atoms with Crippen molar-refractivity contribution in [2.75, 3.05) is 26.7 Å². The molecular formula is C10H21F3N2O. The Balaban J connectivity index is 4.17. The van der Waals surface area contributed by atoms with Crippen molar-refractivity contribution in [3.05, 3.63) is 0 Å². The van der Waals surface area contributed by atoms with Gasteiger partial charge in [0.25, 0.3) is 0 Å². The number of alkyl halides is 3. The van der Waals surface area contributed by atoms with Crippen LogP contribution in [0.1, 0.15) is 26.7 Å². The first-order valence-corrected chi connectivity index (χ1v) is 5.43. The van der Waals surface area contributed by atoms with E-state index < -0.39 is 6.36 Å². The summed E-state index contributed by atoms with van der Waals surface area (Å²) in [4.78, 5) is 1.85. The summed E-state index contributed by atoms with van der Waals surface area (Å²) in [5, 5.41) is 0. The van der Waals surface area contributed by atoms with Gasteiger partial charge in [0.05, 0.1) is 6.61 Å². The Kier molecular flexibility index (Phi) is 6.28. The molecule has 0 aliphatic rings. The molecule has 0 aliphatic carbocycles. The van der Waals surface area contributed by atoms with Gasteiger partial charge in [-0.2, -0.15) is 0 Å². The molecular weight excluding hydrogens is 221 g/mol. The number of likely N-dealkylation sites (N-methyl/N-ethyl adjacent to an activating group) is 1. The number of hydrogen-bond acceptors (Lipinski definition) is 3. The molecule has 0 aromatic rings. The van der Waals surface area contributed by atoms with Gasteiger partial charge in [-0.25, -0.2) is 0 Å². The van der Waals surface area contributed by atoms with Gasteiger partial charge < -0.3 is 5.73 Å². The maximum Gasteiger partial charge on any atom is 0.522 e. The minimum absolute atomic E-state index is 0.221. The van der Waals surface area contributed by atoms with Crippen molar-refractivity contribution in [2.24, 2.45) is 5.73 Å². The number of hydrogen-bond donors (Lipinski definition) is 1. The molecule has 2 N–H and O–H groups in total. The summed E-state index contributed by atoms with van der Waals surface area (Å²) in [7, 11) is 1.78. The van der Waals surface area contributed by atoms with Gasteiger partial charge >= 0.3 is 6.36 Å². The molecule has 0 fully saturated rings. The Morgan fingerprint density at radius 3 is 2.00 bits per heavy atom. The Morgan fingerprint density at radius 2 is 1.69 bits per heavy atom. The molecule has 0 heterocycles. The van der Waals surface area contributed by atoms with E-state index in [1.807, 2.05) is 18.7 Å². The van der Waals surface area contributed by atoms with Crippen molar-refractivity contribution in [1.29, 1.82) is 0 Å². The lowest BCUT2D eigenvalue weighted by Gasteiger charge is -2.40. The van der Waals surface area contributed by atoms with E-state index in [2.05, 4.69) is 4.74 Å². The third-order valence-electron chi connectivity index (χ3n) is 3.20. The summed E-state index contributed by atoms with van der Waals surface area (Å²) >= 11 is 0. The van der Waals surface area contributed by atoms with Crippen LogP contribution in [0, 0.1) is 0 Å². The highest BCUT2D eigenvalue weighted by molar-refractivity contribution is 4.87. The van der Waals surface area contributed by atoms with Crippen LogP contribution in [0.2, 0.25) is 0 Å². The topological polar surface area (TPSA) is 38.5 Å². The zero-order valence-corrected chi connectivity index (χ0v) is 10.1. The van der Waals surface area contributed by atoms with E-state index in [1.165, 1.54) is 0 Å². The van der Waals surface area contributed by atoms with Crippen LogP contribution >= 0.6 is 0 Å². The van der Waals surface area contributed by atoms with Gasteiger partial charge in [0.1, 0.15) is 0 Å². The van der Waals surface area contributed by atoms with Crippen LogP contribution in [-0.4, -0.2) is 43.5 Å². The monoisotopic (exact) mass is 242 g/mol. The van der Waals surface area contributed by atoms with Gasteiger partial charge in [0.15, 0.2) is 0 Å². The summed E-state index contributed by atoms with van der Waals surface area (Å²) in [6, 6.07) is 0. The minimum atomic E-state index is -4.55. The second-order valence-electron chi connectivity index (χ2n) is 3.85. The van der Waals surface area contributed by atoms with Crippen molar-refractivity contribution in [3.63, 3.8) is 0 Å². The fourth-order valence-electron chi connectivity index (χ4n) is 1.77. The summed E-state index contributed by atoms with van der Waals surface area (Å²) in [6.45, 7) is 4.26. The number of ether oxygens (including phenoxy) is 1. The average molecular weight is 242 g/mol. The number of nitrogens with zero attached hydrogens (tertiary/aromatic N) is 1. The lowest BCUT2D eigenvalue weighted by atomic mass is 9.91. The highest BCUT2D eigenvalue weighted by Gasteiger charge is 2.32. The molecule has 0 aromatic carbocycles. The van der Waals surface area contributed by atoms with Crippen molar-refractivity contribution >= 4 is 0 Å². The first kappa shape index (κ1) is 15.7. The molecule has 0 unspecified atom stereocenters. The fraction of sp³-hybridized carbons (Fsp3) is 1.00. The average Bonchev–Trinajstić information content (AvgIpc) is 2.19. The highest BCUT2D eigenvalue weighted by atomic mass is 19.4. The summed E-state index contributed by atoms with van der Waals surface area (Å²) < 4.78 is 39.1. The zero-order chi connectivity index (χ0) is 12.8. The van der Waals surface area contributed by atoms with Gasteiger partial charge in [-0.3, -0.25) is 9.64 Å². The zero-order valence-electron chi connectivity index (χ0n) is 10.1. The van der Waals surface area contributed by atoms with E-state index in [1.54, 1.807) is 7.05 Å². The highest BCUT2D eigenvalue weighted by Crippen LogP contribution is 2.22. The lowest BCUT2D eigenvalue weighted by Crippen LogP contribution is -2.52. The van der Waals surface area contributed by atoms with E-state index in [9.17, 15) is 13.2 Å². The van der Waals surface area contributed by atoms with Gasteiger partial charge in [-0.15, -0.1) is 13.2 Å². The van der Waals surface area contributed by atoms with E-state index >= 15 is 0 Å². The van der Waals surface area contributed by atoms with E-state index in [-0.39, 0.29) is 18.7 Å². The predicted octanol–water partition coefficient (Wildman–Crippen LogP) is 1.97. The Hall–Kier alpha value is -0.330. The molecule has 0 radical (unpaired) electrons. The molecule has 0 amide bonds. The third kappa shape index (κ3) is 4.67. The van der Waals surface area contributed by atoms with Crippen LogP contribution in [0.4, 0.5) is 13.2 Å². The van der Waals surface area contributed by atoms with Crippen LogP contribution < -0.4 is 5.73 Å². The first-order valence-electron chi connectivity index (χ1n) is 5.43. The van der Waals surface area contributed by atoms with Crippen molar-refractivity contribution < 1.29 is 17.9 Å². The first-order chi connectivity index (χ1) is 7.31. The Labute approximate surface area is 94.7 Å². The number of rotatable bonds is 7. The largest absolute Gasteiger partial charge is 0.522 e. The summed E-state index contributed by atoms with van der Waals surface area (Å²) in [5.41, 5.74) is 5.46. The van der Waals surface area contributed by atoms with E-state index in [0.717, 1.165) is 12.8 Å². The Morgan fingerprint density at radius 1 is 1.19 bits per heavy atom. The maximum absolute atomic E-state index is 11.8. The summed E-state index contributed by atoms with van der Waals surface area (Å²) in [5.74, 6) is 0. The van der Waals surface area contributed by atoms with Crippen LogP contribution in [-0.2, 0) is 4.74 Å². The van der Waals surface area contributed by atoms with Gasteiger partial charge in [-0.05, 0) is 19.9 Å². The third-order valence-corrected chi connectivity index (χ3v) is 3.20. The van der Waals surface area contributed by atoms with Gasteiger partial charge in [-0.1, -0.05) is 13.8 Å². The quantitative estimate of drug-likeness (QED) is 0.741. The molecule has 3 nitrogen and oxygen atoms in total. The van der Waals surface area contributed by atoms with Crippen molar-refractivity contribution in [1.82, 2.24) is 4.90 Å². The number of nitrogens with two attached hydrogens (primary N) is 1. The van der Waals surface area contributed by atoms with Crippen molar-refractivity contribution in [3.8, 4) is 0 Å². The van der Waals surface area contributed by atoms with Crippen LogP contribution in [0.25, 0.3) is 0 Å². The molecule has 6 heteroatoms. The normalized spacial score (nSPS) is 13.5. The number of halogens is 3. The molecule has 0 aliphatic heterocycles. The summed E-state index contributed by atoms with van der Waals surface area (Å²) in [6.07, 6.45) is -2.93. The molecule has 0 bridgehead atoms. The standard InChI is InChI=1S/C10H21F3N2O/c1-4-9(5-2,8-14)15(3)6-7-16-10(11,12)13/h4-8,14H2,1-3H3. The fourth-order valence-corrected chi connectivity index (χ4v) is 1.77. The van der Waals surface area contributed by atoms with Crippen molar-refractivity contribution in [2.45, 2.75) is 38.6 Å². The maximum atomic E-state index is 11.8. The predicted molar refractivity (Wildman–Crippen MR) is 57.0 cm³/mol. The molecule has 0 aromatic heterocycles. The van der Waals surface area contributed by atoms with E-state index in [4.69, 9.17) is 5.73 Å². The SMILES string of the molecule is CCC(CC)(CN)N(C)CCOC(F)(F)F. The lowest BCUT2D eigenvalue weighted by molar-refractivity contribution is -0.325. The Bertz CT molecular complexity index is 185. The minimum Gasteiger partial charge on any atom is -0.329 e. The molecule has 0 saturated carbocycles. The molecule has 0 atom stereocenters. The van der Waals surface area contributed by atoms with Gasteiger partial charge in [0, 0.05) is 18.6 Å². The van der Waals surface area contributed by atoms with Crippen LogP contribution in [0.15, 0.2) is 0 Å². The molecule has 16 heavy (non-hydrogen) atoms. The van der Waals surface area contributed by atoms with Crippen LogP contribution in [0.3, 0.4) is 0 Å². The van der Waals surface area contributed by atoms with Gasteiger partial charge in [0.2, 0.25) is 0 Å². The second kappa shape index (κ2) is 6.42. The smallest absolute Gasteiger partial charge is 0.329 e. The second-order valence-corrected chi connectivity index (χ2v) is 3.85. The van der Waals surface area contributed by atoms with Crippen LogP contribution in [0.5, 0.6) is 0 Å². The molecule has 0 saturated heterocycles. The molecule has 0 rings (SSSR count). The van der Waals surface area contributed by atoms with E-state index in [0.29, 0.717) is 6.54 Å². The molecule has 98 valence electrons. The molecule has 0 spiro atoms.